The van der Waals surface area contributed by atoms with Crippen molar-refractivity contribution >= 4 is 5.97 Å². The summed E-state index contributed by atoms with van der Waals surface area (Å²) >= 11 is 0. The van der Waals surface area contributed by atoms with Gasteiger partial charge in [-0.15, -0.1) is 0 Å². The number of benzene rings is 1. The van der Waals surface area contributed by atoms with E-state index in [4.69, 9.17) is 5.11 Å². The molecule has 2 N–H and O–H groups in total. The number of aromatic hydroxyl groups is 1. The Balaban J connectivity index is 2.29. The minimum atomic E-state index is -0.700. The largest absolute Gasteiger partial charge is 0.508 e. The highest BCUT2D eigenvalue weighted by molar-refractivity contribution is 5.66. The van der Waals surface area contributed by atoms with Crippen molar-refractivity contribution in [2.75, 3.05) is 0 Å². The molecule has 1 aromatic carbocycles. The molecule has 27 heavy (non-hydrogen) atoms. The third-order valence-corrected chi connectivity index (χ3v) is 5.44. The molecule has 1 rings (SSSR count). The van der Waals surface area contributed by atoms with Gasteiger partial charge < -0.3 is 10.2 Å². The van der Waals surface area contributed by atoms with Gasteiger partial charge >= 0.3 is 5.97 Å². The summed E-state index contributed by atoms with van der Waals surface area (Å²) < 4.78 is 0. The lowest BCUT2D eigenvalue weighted by Crippen LogP contribution is -2.00. The van der Waals surface area contributed by atoms with E-state index in [9.17, 15) is 9.90 Å². The van der Waals surface area contributed by atoms with E-state index in [-0.39, 0.29) is 6.42 Å². The number of carbonyl (C=O) groups is 1. The van der Waals surface area contributed by atoms with Crippen molar-refractivity contribution in [3.8, 4) is 5.75 Å². The highest BCUT2D eigenvalue weighted by Gasteiger charge is 2.12. The van der Waals surface area contributed by atoms with E-state index in [0.29, 0.717) is 11.7 Å². The van der Waals surface area contributed by atoms with Crippen LogP contribution in [-0.2, 0) is 4.79 Å². The number of carboxylic acids is 1. The van der Waals surface area contributed by atoms with E-state index in [1.165, 1.54) is 63.4 Å². The molecule has 0 spiro atoms. The van der Waals surface area contributed by atoms with E-state index >= 15 is 0 Å². The van der Waals surface area contributed by atoms with Crippen molar-refractivity contribution in [2.45, 2.75) is 109 Å². The van der Waals surface area contributed by atoms with Crippen LogP contribution in [0.1, 0.15) is 115 Å². The van der Waals surface area contributed by atoms with E-state index in [2.05, 4.69) is 13.0 Å². The smallest absolute Gasteiger partial charge is 0.303 e. The number of phenolic OH excluding ortho intramolecular Hbond substituents is 1. The summed E-state index contributed by atoms with van der Waals surface area (Å²) in [4.78, 5) is 10.6. The van der Waals surface area contributed by atoms with Gasteiger partial charge in [-0.3, -0.25) is 4.79 Å². The van der Waals surface area contributed by atoms with E-state index < -0.39 is 5.97 Å². The first-order valence-electron chi connectivity index (χ1n) is 11.1. The molecule has 0 aliphatic heterocycles. The van der Waals surface area contributed by atoms with Crippen molar-refractivity contribution in [1.29, 1.82) is 0 Å². The average molecular weight is 377 g/mol. The zero-order valence-electron chi connectivity index (χ0n) is 17.3. The Morgan fingerprint density at radius 3 is 1.96 bits per heavy atom. The van der Waals surface area contributed by atoms with Gasteiger partial charge in [-0.2, -0.15) is 0 Å². The molecule has 0 amide bonds. The number of phenols is 1. The molecule has 1 unspecified atom stereocenters. The third kappa shape index (κ3) is 12.5. The summed E-state index contributed by atoms with van der Waals surface area (Å²) in [6.07, 6.45) is 17.4. The second kappa shape index (κ2) is 15.5. The summed E-state index contributed by atoms with van der Waals surface area (Å²) in [7, 11) is 0. The second-order valence-corrected chi connectivity index (χ2v) is 7.90. The molecule has 0 heterocycles. The molecule has 0 bridgehead atoms. The monoisotopic (exact) mass is 376 g/mol. The summed E-state index contributed by atoms with van der Waals surface area (Å²) in [5, 5.41) is 18.5. The summed E-state index contributed by atoms with van der Waals surface area (Å²) in [5.41, 5.74) is 1.23. The van der Waals surface area contributed by atoms with Gasteiger partial charge in [0, 0.05) is 6.42 Å². The minimum absolute atomic E-state index is 0.273. The Kier molecular flexibility index (Phi) is 13.5. The molecule has 0 aliphatic rings. The molecular weight excluding hydrogens is 336 g/mol. The highest BCUT2D eigenvalue weighted by Crippen LogP contribution is 2.30. The predicted molar refractivity (Wildman–Crippen MR) is 113 cm³/mol. The Hall–Kier alpha value is -1.51. The van der Waals surface area contributed by atoms with Crippen molar-refractivity contribution in [2.24, 2.45) is 0 Å². The quantitative estimate of drug-likeness (QED) is 0.278. The van der Waals surface area contributed by atoms with Crippen molar-refractivity contribution in [3.05, 3.63) is 29.8 Å². The maximum absolute atomic E-state index is 10.6. The van der Waals surface area contributed by atoms with Crippen LogP contribution >= 0.6 is 0 Å². The summed E-state index contributed by atoms with van der Waals surface area (Å²) in [6, 6.07) is 7.68. The molecule has 0 saturated heterocycles. The Morgan fingerprint density at radius 2 is 1.41 bits per heavy atom. The number of rotatable bonds is 17. The van der Waals surface area contributed by atoms with Gasteiger partial charge in [-0.1, -0.05) is 89.7 Å². The number of hydrogen-bond donors (Lipinski definition) is 2. The topological polar surface area (TPSA) is 57.5 Å². The first-order valence-corrected chi connectivity index (χ1v) is 11.1. The number of hydrogen-bond acceptors (Lipinski definition) is 2. The zero-order chi connectivity index (χ0) is 19.7. The van der Waals surface area contributed by atoms with Gasteiger partial charge in [-0.25, -0.2) is 0 Å². The molecule has 0 aliphatic carbocycles. The van der Waals surface area contributed by atoms with E-state index in [1.807, 2.05) is 12.1 Å². The Bertz CT molecular complexity index is 498. The van der Waals surface area contributed by atoms with Gasteiger partial charge in [0.1, 0.15) is 5.75 Å². The highest BCUT2D eigenvalue weighted by atomic mass is 16.4. The molecule has 1 aromatic rings. The van der Waals surface area contributed by atoms with Gasteiger partial charge in [0.05, 0.1) is 0 Å². The summed E-state index contributed by atoms with van der Waals surface area (Å²) in [5.74, 6) is 0.121. The summed E-state index contributed by atoms with van der Waals surface area (Å²) in [6.45, 7) is 2.26. The standard InChI is InChI=1S/C24H40O3/c1-2-3-4-5-6-7-8-9-11-15-21(16-12-10-13-19-24(26)27)22-17-14-18-23(25)20-22/h14,17-18,20-21,25H,2-13,15-16,19H2,1H3,(H,26,27). The van der Waals surface area contributed by atoms with Gasteiger partial charge in [-0.05, 0) is 42.9 Å². The SMILES string of the molecule is CCCCCCCCCCCC(CCCCCC(=O)O)c1cccc(O)c1. The lowest BCUT2D eigenvalue weighted by atomic mass is 9.88. The molecule has 0 aromatic heterocycles. The van der Waals surface area contributed by atoms with Crippen LogP contribution < -0.4 is 0 Å². The Labute approximate surface area is 166 Å². The fourth-order valence-electron chi connectivity index (χ4n) is 3.80. The normalized spacial score (nSPS) is 12.2. The van der Waals surface area contributed by atoms with Gasteiger partial charge in [0.15, 0.2) is 0 Å². The molecule has 3 nitrogen and oxygen atoms in total. The molecule has 0 saturated carbocycles. The first-order chi connectivity index (χ1) is 13.1. The molecular formula is C24H40O3. The van der Waals surface area contributed by atoms with Crippen LogP contribution in [0.4, 0.5) is 0 Å². The second-order valence-electron chi connectivity index (χ2n) is 7.90. The molecule has 0 fully saturated rings. The van der Waals surface area contributed by atoms with Gasteiger partial charge in [0.25, 0.3) is 0 Å². The van der Waals surface area contributed by atoms with Crippen LogP contribution in [-0.4, -0.2) is 16.2 Å². The molecule has 154 valence electrons. The predicted octanol–water partition coefficient (Wildman–Crippen LogP) is 7.43. The van der Waals surface area contributed by atoms with E-state index in [1.54, 1.807) is 6.07 Å². The van der Waals surface area contributed by atoms with Crippen molar-refractivity contribution in [3.63, 3.8) is 0 Å². The van der Waals surface area contributed by atoms with Crippen molar-refractivity contribution < 1.29 is 15.0 Å². The van der Waals surface area contributed by atoms with Crippen molar-refractivity contribution in [1.82, 2.24) is 0 Å². The minimum Gasteiger partial charge on any atom is -0.508 e. The average Bonchev–Trinajstić information content (AvgIpc) is 2.64. The van der Waals surface area contributed by atoms with Crippen LogP contribution in [0.15, 0.2) is 24.3 Å². The number of aliphatic carboxylic acids is 1. The maximum atomic E-state index is 10.6. The maximum Gasteiger partial charge on any atom is 0.303 e. The number of unbranched alkanes of at least 4 members (excludes halogenated alkanes) is 10. The van der Waals surface area contributed by atoms with Gasteiger partial charge in [0.2, 0.25) is 0 Å². The van der Waals surface area contributed by atoms with Crippen LogP contribution in [0.2, 0.25) is 0 Å². The van der Waals surface area contributed by atoms with Crippen LogP contribution in [0.25, 0.3) is 0 Å². The fourth-order valence-corrected chi connectivity index (χ4v) is 3.80. The first kappa shape index (κ1) is 23.5. The van der Waals surface area contributed by atoms with Crippen LogP contribution in [0.3, 0.4) is 0 Å². The molecule has 3 heteroatoms. The van der Waals surface area contributed by atoms with E-state index in [0.717, 1.165) is 32.1 Å². The number of carboxylic acid groups (broad SMARTS) is 1. The fraction of sp³-hybridized carbons (Fsp3) is 0.708. The Morgan fingerprint density at radius 1 is 0.852 bits per heavy atom. The molecule has 1 atom stereocenters. The van der Waals surface area contributed by atoms with Crippen LogP contribution in [0, 0.1) is 0 Å². The lowest BCUT2D eigenvalue weighted by molar-refractivity contribution is -0.137. The third-order valence-electron chi connectivity index (χ3n) is 5.44. The zero-order valence-corrected chi connectivity index (χ0v) is 17.3. The van der Waals surface area contributed by atoms with Crippen LogP contribution in [0.5, 0.6) is 5.75 Å². The lowest BCUT2D eigenvalue weighted by Gasteiger charge is -2.18. The molecule has 0 radical (unpaired) electrons.